The first kappa shape index (κ1) is 14.6. The third-order valence-corrected chi connectivity index (χ3v) is 5.19. The molecule has 1 amide bonds. The molecule has 2 aliphatic rings. The Balaban J connectivity index is 1.77. The molecule has 1 N–H and O–H groups in total. The van der Waals surface area contributed by atoms with Crippen molar-refractivity contribution in [1.29, 1.82) is 0 Å². The quantitative estimate of drug-likeness (QED) is 0.861. The van der Waals surface area contributed by atoms with E-state index in [0.29, 0.717) is 17.9 Å². The lowest BCUT2D eigenvalue weighted by Crippen LogP contribution is -2.38. The van der Waals surface area contributed by atoms with Crippen LogP contribution in [0.25, 0.3) is 0 Å². The standard InChI is InChI=1S/C18H26N2O/c1-12-16-10-19-9-14(16)11-20(12)17(21)13-5-7-15(8-6-13)18(2,3)4/h5-8,12,14,16,19H,9-11H2,1-4H3. The summed E-state index contributed by atoms with van der Waals surface area (Å²) in [6.07, 6.45) is 0. The summed E-state index contributed by atoms with van der Waals surface area (Å²) >= 11 is 0. The van der Waals surface area contributed by atoms with Gasteiger partial charge in [-0.3, -0.25) is 4.79 Å². The monoisotopic (exact) mass is 286 g/mol. The van der Waals surface area contributed by atoms with Crippen LogP contribution < -0.4 is 5.32 Å². The van der Waals surface area contributed by atoms with Gasteiger partial charge in [-0.1, -0.05) is 32.9 Å². The van der Waals surface area contributed by atoms with Crippen LogP contribution in [0.5, 0.6) is 0 Å². The molecule has 2 heterocycles. The van der Waals surface area contributed by atoms with Crippen LogP contribution in [-0.4, -0.2) is 36.5 Å². The van der Waals surface area contributed by atoms with E-state index in [1.165, 1.54) is 5.56 Å². The number of fused-ring (bicyclic) bond motifs is 1. The van der Waals surface area contributed by atoms with Gasteiger partial charge in [-0.25, -0.2) is 0 Å². The van der Waals surface area contributed by atoms with Gasteiger partial charge < -0.3 is 10.2 Å². The molecule has 0 aromatic heterocycles. The highest BCUT2D eigenvalue weighted by atomic mass is 16.2. The summed E-state index contributed by atoms with van der Waals surface area (Å²) in [7, 11) is 0. The molecule has 21 heavy (non-hydrogen) atoms. The third kappa shape index (κ3) is 2.59. The highest BCUT2D eigenvalue weighted by Gasteiger charge is 2.43. The minimum Gasteiger partial charge on any atom is -0.335 e. The van der Waals surface area contributed by atoms with Crippen molar-refractivity contribution < 1.29 is 4.79 Å². The number of amides is 1. The summed E-state index contributed by atoms with van der Waals surface area (Å²) in [4.78, 5) is 14.8. The van der Waals surface area contributed by atoms with Crippen molar-refractivity contribution in [2.24, 2.45) is 11.8 Å². The number of likely N-dealkylation sites (tertiary alicyclic amines) is 1. The van der Waals surface area contributed by atoms with Crippen molar-refractivity contribution in [3.63, 3.8) is 0 Å². The van der Waals surface area contributed by atoms with Crippen molar-refractivity contribution in [2.75, 3.05) is 19.6 Å². The minimum atomic E-state index is 0.130. The zero-order valence-electron chi connectivity index (χ0n) is 13.5. The van der Waals surface area contributed by atoms with Gasteiger partial charge in [0.15, 0.2) is 0 Å². The van der Waals surface area contributed by atoms with E-state index in [9.17, 15) is 4.79 Å². The fourth-order valence-corrected chi connectivity index (χ4v) is 3.71. The van der Waals surface area contributed by atoms with Crippen LogP contribution in [0.15, 0.2) is 24.3 Å². The topological polar surface area (TPSA) is 32.3 Å². The fourth-order valence-electron chi connectivity index (χ4n) is 3.71. The van der Waals surface area contributed by atoms with Crippen LogP contribution in [0.2, 0.25) is 0 Å². The van der Waals surface area contributed by atoms with Gasteiger partial charge in [0.1, 0.15) is 0 Å². The van der Waals surface area contributed by atoms with Crippen molar-refractivity contribution >= 4 is 5.91 Å². The maximum absolute atomic E-state index is 12.8. The number of benzene rings is 1. The van der Waals surface area contributed by atoms with E-state index in [-0.39, 0.29) is 11.3 Å². The van der Waals surface area contributed by atoms with E-state index in [1.54, 1.807) is 0 Å². The first-order chi connectivity index (χ1) is 9.88. The van der Waals surface area contributed by atoms with E-state index >= 15 is 0 Å². The molecule has 3 atom stereocenters. The number of nitrogens with one attached hydrogen (secondary N) is 1. The van der Waals surface area contributed by atoms with Crippen molar-refractivity contribution in [3.05, 3.63) is 35.4 Å². The van der Waals surface area contributed by atoms with Crippen molar-refractivity contribution in [3.8, 4) is 0 Å². The molecule has 1 aromatic rings. The number of carbonyl (C=O) groups is 1. The zero-order chi connectivity index (χ0) is 15.2. The van der Waals surface area contributed by atoms with Gasteiger partial charge in [0.2, 0.25) is 0 Å². The predicted molar refractivity (Wildman–Crippen MR) is 85.5 cm³/mol. The Morgan fingerprint density at radius 2 is 1.86 bits per heavy atom. The Hall–Kier alpha value is -1.35. The SMILES string of the molecule is CC1C2CNCC2CN1C(=O)c1ccc(C(C)(C)C)cc1. The molecule has 3 unspecified atom stereocenters. The Morgan fingerprint density at radius 3 is 2.43 bits per heavy atom. The smallest absolute Gasteiger partial charge is 0.254 e. The fraction of sp³-hybridized carbons (Fsp3) is 0.611. The highest BCUT2D eigenvalue weighted by Crippen LogP contribution is 2.33. The summed E-state index contributed by atoms with van der Waals surface area (Å²) in [6.45, 7) is 11.8. The van der Waals surface area contributed by atoms with E-state index in [2.05, 4.69) is 50.0 Å². The molecule has 0 spiro atoms. The van der Waals surface area contributed by atoms with Crippen LogP contribution in [0.4, 0.5) is 0 Å². The van der Waals surface area contributed by atoms with Gasteiger partial charge in [0.05, 0.1) is 0 Å². The molecule has 3 nitrogen and oxygen atoms in total. The van der Waals surface area contributed by atoms with Gasteiger partial charge >= 0.3 is 0 Å². The number of hydrogen-bond acceptors (Lipinski definition) is 2. The first-order valence-electron chi connectivity index (χ1n) is 8.00. The molecular weight excluding hydrogens is 260 g/mol. The predicted octanol–water partition coefficient (Wildman–Crippen LogP) is 2.66. The van der Waals surface area contributed by atoms with E-state index < -0.39 is 0 Å². The third-order valence-electron chi connectivity index (χ3n) is 5.19. The second-order valence-corrected chi connectivity index (χ2v) is 7.61. The maximum atomic E-state index is 12.8. The van der Waals surface area contributed by atoms with Gasteiger partial charge in [-0.2, -0.15) is 0 Å². The second-order valence-electron chi connectivity index (χ2n) is 7.61. The van der Waals surface area contributed by atoms with Crippen LogP contribution >= 0.6 is 0 Å². The highest BCUT2D eigenvalue weighted by molar-refractivity contribution is 5.94. The molecule has 3 heteroatoms. The molecule has 2 fully saturated rings. The van der Waals surface area contributed by atoms with Crippen LogP contribution in [0.1, 0.15) is 43.6 Å². The normalized spacial score (nSPS) is 28.8. The van der Waals surface area contributed by atoms with Crippen LogP contribution in [-0.2, 0) is 5.41 Å². The molecule has 0 aliphatic carbocycles. The van der Waals surface area contributed by atoms with Gasteiger partial charge in [-0.15, -0.1) is 0 Å². The van der Waals surface area contributed by atoms with Crippen molar-refractivity contribution in [1.82, 2.24) is 10.2 Å². The molecule has 2 saturated heterocycles. The van der Waals surface area contributed by atoms with Gasteiger partial charge in [-0.05, 0) is 41.9 Å². The molecule has 1 aromatic carbocycles. The number of nitrogens with zero attached hydrogens (tertiary/aromatic N) is 1. The summed E-state index contributed by atoms with van der Waals surface area (Å²) in [5, 5.41) is 3.44. The first-order valence-corrected chi connectivity index (χ1v) is 8.00. The van der Waals surface area contributed by atoms with Gasteiger partial charge in [0, 0.05) is 31.2 Å². The number of hydrogen-bond donors (Lipinski definition) is 1. The maximum Gasteiger partial charge on any atom is 0.254 e. The molecule has 3 rings (SSSR count). The van der Waals surface area contributed by atoms with Crippen LogP contribution in [0.3, 0.4) is 0 Å². The lowest BCUT2D eigenvalue weighted by molar-refractivity contribution is 0.0728. The average Bonchev–Trinajstić information content (AvgIpc) is 3.01. The largest absolute Gasteiger partial charge is 0.335 e. The Morgan fingerprint density at radius 1 is 1.19 bits per heavy atom. The second kappa shape index (κ2) is 5.13. The lowest BCUT2D eigenvalue weighted by atomic mass is 9.86. The molecular formula is C18H26N2O. The van der Waals surface area contributed by atoms with E-state index in [1.807, 2.05) is 12.1 Å². The van der Waals surface area contributed by atoms with Gasteiger partial charge in [0.25, 0.3) is 5.91 Å². The molecule has 2 aliphatic heterocycles. The molecule has 114 valence electrons. The average molecular weight is 286 g/mol. The number of carbonyl (C=O) groups excluding carboxylic acids is 1. The van der Waals surface area contributed by atoms with Crippen LogP contribution in [0, 0.1) is 11.8 Å². The molecule has 0 bridgehead atoms. The van der Waals surface area contributed by atoms with E-state index in [4.69, 9.17) is 0 Å². The Labute approximate surface area is 127 Å². The minimum absolute atomic E-state index is 0.130. The Kier molecular flexibility index (Phi) is 3.56. The number of rotatable bonds is 1. The van der Waals surface area contributed by atoms with Crippen molar-refractivity contribution in [2.45, 2.75) is 39.2 Å². The lowest BCUT2D eigenvalue weighted by Gasteiger charge is -2.25. The summed E-state index contributed by atoms with van der Waals surface area (Å²) in [6, 6.07) is 8.51. The summed E-state index contributed by atoms with van der Waals surface area (Å²) in [5.41, 5.74) is 2.22. The Bertz CT molecular complexity index is 529. The molecule has 0 saturated carbocycles. The van der Waals surface area contributed by atoms with E-state index in [0.717, 1.165) is 25.2 Å². The zero-order valence-corrected chi connectivity index (χ0v) is 13.5. The molecule has 0 radical (unpaired) electrons. The summed E-state index contributed by atoms with van der Waals surface area (Å²) in [5.74, 6) is 1.46. The summed E-state index contributed by atoms with van der Waals surface area (Å²) < 4.78 is 0.